The van der Waals surface area contributed by atoms with Gasteiger partial charge in [-0.1, -0.05) is 18.2 Å². The second kappa shape index (κ2) is 7.13. The van der Waals surface area contributed by atoms with Crippen molar-refractivity contribution in [3.05, 3.63) is 35.4 Å². The molecule has 1 heterocycles. The van der Waals surface area contributed by atoms with E-state index in [0.717, 1.165) is 25.5 Å². The Labute approximate surface area is 128 Å². The highest BCUT2D eigenvalue weighted by Crippen LogP contribution is 2.32. The summed E-state index contributed by atoms with van der Waals surface area (Å²) in [6.07, 6.45) is -2.67. The van der Waals surface area contributed by atoms with Crippen LogP contribution in [0.15, 0.2) is 24.3 Å². The monoisotopic (exact) mass is 314 g/mol. The zero-order valence-electron chi connectivity index (χ0n) is 12.6. The third kappa shape index (κ3) is 4.22. The van der Waals surface area contributed by atoms with Gasteiger partial charge in [-0.3, -0.25) is 4.79 Å². The molecule has 22 heavy (non-hydrogen) atoms. The molecule has 1 aliphatic rings. The van der Waals surface area contributed by atoms with Gasteiger partial charge in [0.1, 0.15) is 0 Å². The number of likely N-dealkylation sites (tertiary alicyclic amines) is 1. The second-order valence-electron chi connectivity index (χ2n) is 5.74. The van der Waals surface area contributed by atoms with Crippen LogP contribution < -0.4 is 5.32 Å². The van der Waals surface area contributed by atoms with Crippen LogP contribution in [0.1, 0.15) is 24.0 Å². The van der Waals surface area contributed by atoms with E-state index in [-0.39, 0.29) is 17.9 Å². The van der Waals surface area contributed by atoms with Crippen LogP contribution in [0, 0.1) is 5.92 Å². The van der Waals surface area contributed by atoms with Gasteiger partial charge in [-0.15, -0.1) is 0 Å². The Morgan fingerprint density at radius 2 is 2.09 bits per heavy atom. The van der Waals surface area contributed by atoms with Gasteiger partial charge in [0.05, 0.1) is 12.0 Å². The van der Waals surface area contributed by atoms with E-state index in [0.29, 0.717) is 19.0 Å². The first-order valence-corrected chi connectivity index (χ1v) is 7.49. The standard InChI is InChI=1S/C16H21F3N2O/c1-20-10-12-5-4-8-21(11-12)15(22)9-13-6-2-3-7-14(13)16(17,18)19/h2-3,6-7,12,20H,4-5,8-11H2,1H3. The number of halogens is 3. The number of hydrogen-bond donors (Lipinski definition) is 1. The highest BCUT2D eigenvalue weighted by molar-refractivity contribution is 5.79. The van der Waals surface area contributed by atoms with E-state index in [1.54, 1.807) is 4.90 Å². The third-order valence-corrected chi connectivity index (χ3v) is 4.03. The minimum absolute atomic E-state index is 0.0516. The van der Waals surface area contributed by atoms with E-state index in [2.05, 4.69) is 5.32 Å². The average molecular weight is 314 g/mol. The van der Waals surface area contributed by atoms with E-state index in [9.17, 15) is 18.0 Å². The summed E-state index contributed by atoms with van der Waals surface area (Å²) in [6.45, 7) is 2.07. The van der Waals surface area contributed by atoms with E-state index < -0.39 is 11.7 Å². The molecule has 2 rings (SSSR count). The Kier molecular flexibility index (Phi) is 5.45. The molecule has 1 aliphatic heterocycles. The van der Waals surface area contributed by atoms with Crippen molar-refractivity contribution >= 4 is 5.91 Å². The number of benzene rings is 1. The van der Waals surface area contributed by atoms with Crippen LogP contribution in [-0.2, 0) is 17.4 Å². The Hall–Kier alpha value is -1.56. The molecule has 1 N–H and O–H groups in total. The number of amides is 1. The molecular formula is C16H21F3N2O. The first kappa shape index (κ1) is 16.8. The summed E-state index contributed by atoms with van der Waals surface area (Å²) in [6, 6.07) is 5.30. The zero-order chi connectivity index (χ0) is 16.2. The molecule has 1 aromatic rings. The first-order valence-electron chi connectivity index (χ1n) is 7.49. The fourth-order valence-corrected chi connectivity index (χ4v) is 2.97. The summed E-state index contributed by atoms with van der Waals surface area (Å²) in [5, 5.41) is 3.09. The van der Waals surface area contributed by atoms with Crippen LogP contribution in [0.5, 0.6) is 0 Å². The number of nitrogens with zero attached hydrogens (tertiary/aromatic N) is 1. The number of rotatable bonds is 4. The predicted molar refractivity (Wildman–Crippen MR) is 78.4 cm³/mol. The molecule has 0 spiro atoms. The van der Waals surface area contributed by atoms with Crippen LogP contribution in [0.4, 0.5) is 13.2 Å². The highest BCUT2D eigenvalue weighted by Gasteiger charge is 2.34. The normalized spacial score (nSPS) is 19.3. The molecule has 0 radical (unpaired) electrons. The fraction of sp³-hybridized carbons (Fsp3) is 0.562. The molecule has 122 valence electrons. The molecule has 0 aliphatic carbocycles. The van der Waals surface area contributed by atoms with Gasteiger partial charge in [-0.25, -0.2) is 0 Å². The Morgan fingerprint density at radius 3 is 2.77 bits per heavy atom. The molecule has 0 saturated carbocycles. The molecule has 1 amide bonds. The van der Waals surface area contributed by atoms with Crippen molar-refractivity contribution < 1.29 is 18.0 Å². The van der Waals surface area contributed by atoms with E-state index in [1.165, 1.54) is 18.2 Å². The van der Waals surface area contributed by atoms with Crippen LogP contribution in [0.3, 0.4) is 0 Å². The van der Waals surface area contributed by atoms with Gasteiger partial charge in [0.25, 0.3) is 0 Å². The number of carbonyl (C=O) groups is 1. The molecule has 1 unspecified atom stereocenters. The maximum absolute atomic E-state index is 13.0. The molecule has 6 heteroatoms. The minimum Gasteiger partial charge on any atom is -0.342 e. The third-order valence-electron chi connectivity index (χ3n) is 4.03. The summed E-state index contributed by atoms with van der Waals surface area (Å²) in [5.41, 5.74) is -0.664. The molecule has 3 nitrogen and oxygen atoms in total. The quantitative estimate of drug-likeness (QED) is 0.927. The average Bonchev–Trinajstić information content (AvgIpc) is 2.47. The molecule has 1 atom stereocenters. The van der Waals surface area contributed by atoms with Crippen molar-refractivity contribution in [2.24, 2.45) is 5.92 Å². The summed E-state index contributed by atoms with van der Waals surface area (Å²) in [5.74, 6) is 0.151. The number of carbonyl (C=O) groups excluding carboxylic acids is 1. The van der Waals surface area contributed by atoms with Gasteiger partial charge < -0.3 is 10.2 Å². The van der Waals surface area contributed by atoms with Gasteiger partial charge >= 0.3 is 6.18 Å². The van der Waals surface area contributed by atoms with E-state index in [4.69, 9.17) is 0 Å². The lowest BCUT2D eigenvalue weighted by Crippen LogP contribution is -2.43. The zero-order valence-corrected chi connectivity index (χ0v) is 12.6. The number of hydrogen-bond acceptors (Lipinski definition) is 2. The van der Waals surface area contributed by atoms with Crippen LogP contribution in [-0.4, -0.2) is 37.5 Å². The van der Waals surface area contributed by atoms with Crippen molar-refractivity contribution in [3.8, 4) is 0 Å². The van der Waals surface area contributed by atoms with Crippen LogP contribution in [0.25, 0.3) is 0 Å². The molecule has 0 bridgehead atoms. The molecular weight excluding hydrogens is 293 g/mol. The lowest BCUT2D eigenvalue weighted by molar-refractivity contribution is -0.138. The Morgan fingerprint density at radius 1 is 1.36 bits per heavy atom. The maximum Gasteiger partial charge on any atom is 0.416 e. The van der Waals surface area contributed by atoms with Crippen molar-refractivity contribution in [3.63, 3.8) is 0 Å². The Bertz CT molecular complexity index is 514. The highest BCUT2D eigenvalue weighted by atomic mass is 19.4. The summed E-state index contributed by atoms with van der Waals surface area (Å²) in [4.78, 5) is 14.0. The molecule has 1 aromatic carbocycles. The first-order chi connectivity index (χ1) is 10.4. The maximum atomic E-state index is 13.0. The van der Waals surface area contributed by atoms with Gasteiger partial charge in [-0.2, -0.15) is 13.2 Å². The lowest BCUT2D eigenvalue weighted by atomic mass is 9.97. The molecule has 1 fully saturated rings. The SMILES string of the molecule is CNCC1CCCN(C(=O)Cc2ccccc2C(F)(F)F)C1. The smallest absolute Gasteiger partial charge is 0.342 e. The summed E-state index contributed by atoms with van der Waals surface area (Å²) < 4.78 is 38.9. The summed E-state index contributed by atoms with van der Waals surface area (Å²) >= 11 is 0. The van der Waals surface area contributed by atoms with Crippen LogP contribution in [0.2, 0.25) is 0 Å². The van der Waals surface area contributed by atoms with E-state index in [1.807, 2.05) is 7.05 Å². The van der Waals surface area contributed by atoms with Crippen molar-refractivity contribution in [2.45, 2.75) is 25.4 Å². The van der Waals surface area contributed by atoms with Crippen molar-refractivity contribution in [2.75, 3.05) is 26.7 Å². The summed E-state index contributed by atoms with van der Waals surface area (Å²) in [7, 11) is 1.86. The topological polar surface area (TPSA) is 32.3 Å². The minimum atomic E-state index is -4.42. The van der Waals surface area contributed by atoms with Gasteiger partial charge in [0.2, 0.25) is 5.91 Å². The van der Waals surface area contributed by atoms with Gasteiger partial charge in [-0.05, 0) is 44.0 Å². The van der Waals surface area contributed by atoms with Crippen molar-refractivity contribution in [1.82, 2.24) is 10.2 Å². The van der Waals surface area contributed by atoms with Gasteiger partial charge in [0, 0.05) is 13.1 Å². The van der Waals surface area contributed by atoms with Crippen LogP contribution >= 0.6 is 0 Å². The lowest BCUT2D eigenvalue weighted by Gasteiger charge is -2.33. The number of alkyl halides is 3. The van der Waals surface area contributed by atoms with E-state index >= 15 is 0 Å². The Balaban J connectivity index is 2.06. The fourth-order valence-electron chi connectivity index (χ4n) is 2.97. The number of nitrogens with one attached hydrogen (secondary N) is 1. The second-order valence-corrected chi connectivity index (χ2v) is 5.74. The van der Waals surface area contributed by atoms with Crippen molar-refractivity contribution in [1.29, 1.82) is 0 Å². The molecule has 0 aromatic heterocycles. The van der Waals surface area contributed by atoms with Gasteiger partial charge in [0.15, 0.2) is 0 Å². The molecule has 1 saturated heterocycles. The predicted octanol–water partition coefficient (Wildman–Crippen LogP) is 2.71. The number of piperidine rings is 1. The largest absolute Gasteiger partial charge is 0.416 e.